The van der Waals surface area contributed by atoms with Crippen molar-refractivity contribution in [3.05, 3.63) is 53.3 Å². The van der Waals surface area contributed by atoms with Gasteiger partial charge in [0.2, 0.25) is 0 Å². The van der Waals surface area contributed by atoms with E-state index in [0.29, 0.717) is 18.3 Å². The summed E-state index contributed by atoms with van der Waals surface area (Å²) in [6.07, 6.45) is 6.84. The quantitative estimate of drug-likeness (QED) is 0.735. The van der Waals surface area contributed by atoms with Crippen LogP contribution >= 0.6 is 12.4 Å². The third kappa shape index (κ3) is 6.06. The first-order valence-corrected chi connectivity index (χ1v) is 11.0. The predicted molar refractivity (Wildman–Crippen MR) is 122 cm³/mol. The molecule has 0 saturated carbocycles. The van der Waals surface area contributed by atoms with Crippen LogP contribution in [-0.2, 0) is 13.1 Å². The molecule has 0 bridgehead atoms. The van der Waals surface area contributed by atoms with Crippen molar-refractivity contribution < 1.29 is 4.79 Å². The third-order valence-corrected chi connectivity index (χ3v) is 6.11. The summed E-state index contributed by atoms with van der Waals surface area (Å²) in [7, 11) is 0. The molecular formula is C23H34ClN5O. The van der Waals surface area contributed by atoms with Crippen LogP contribution in [0.1, 0.15) is 60.3 Å². The number of carbonyl (C=O) groups is 1. The molecule has 2 aromatic rings. The number of nitrogens with one attached hydrogen (secondary N) is 2. The van der Waals surface area contributed by atoms with Crippen molar-refractivity contribution in [3.63, 3.8) is 0 Å². The molecule has 1 aromatic heterocycles. The van der Waals surface area contributed by atoms with Crippen LogP contribution in [0.4, 0.5) is 0 Å². The molecule has 1 amide bonds. The van der Waals surface area contributed by atoms with E-state index >= 15 is 0 Å². The molecule has 0 spiro atoms. The zero-order valence-corrected chi connectivity index (χ0v) is 18.7. The van der Waals surface area contributed by atoms with E-state index in [-0.39, 0.29) is 18.3 Å². The van der Waals surface area contributed by atoms with Gasteiger partial charge in [0.1, 0.15) is 5.69 Å². The van der Waals surface area contributed by atoms with Crippen molar-refractivity contribution >= 4 is 18.3 Å². The number of likely N-dealkylation sites (tertiary alicyclic amines) is 1. The Morgan fingerprint density at radius 2 is 1.97 bits per heavy atom. The van der Waals surface area contributed by atoms with Crippen LogP contribution < -0.4 is 10.6 Å². The van der Waals surface area contributed by atoms with Crippen LogP contribution in [0.5, 0.6) is 0 Å². The molecule has 7 heteroatoms. The van der Waals surface area contributed by atoms with Crippen molar-refractivity contribution in [2.75, 3.05) is 26.2 Å². The Bertz CT molecular complexity index is 800. The van der Waals surface area contributed by atoms with Crippen LogP contribution in [0.3, 0.4) is 0 Å². The highest BCUT2D eigenvalue weighted by atomic mass is 35.5. The lowest BCUT2D eigenvalue weighted by Crippen LogP contribution is -2.33. The molecular weight excluding hydrogens is 398 g/mol. The highest BCUT2D eigenvalue weighted by molar-refractivity contribution is 5.92. The van der Waals surface area contributed by atoms with Crippen molar-refractivity contribution in [2.24, 2.45) is 5.92 Å². The van der Waals surface area contributed by atoms with Gasteiger partial charge in [0.15, 0.2) is 0 Å². The molecule has 2 aliphatic rings. The number of halogens is 1. The maximum atomic E-state index is 12.5. The van der Waals surface area contributed by atoms with Crippen molar-refractivity contribution in [1.82, 2.24) is 25.3 Å². The van der Waals surface area contributed by atoms with Crippen LogP contribution in [0, 0.1) is 5.92 Å². The van der Waals surface area contributed by atoms with E-state index < -0.39 is 0 Å². The Balaban J connectivity index is 0.00000256. The Morgan fingerprint density at radius 1 is 1.17 bits per heavy atom. The molecule has 4 rings (SSSR count). The fraction of sp³-hybridized carbons (Fsp3) is 0.565. The van der Waals surface area contributed by atoms with E-state index in [0.717, 1.165) is 44.0 Å². The number of benzene rings is 1. The highest BCUT2D eigenvalue weighted by Gasteiger charge is 2.18. The van der Waals surface area contributed by atoms with Gasteiger partial charge in [-0.15, -0.1) is 12.4 Å². The molecule has 6 nitrogen and oxygen atoms in total. The van der Waals surface area contributed by atoms with Gasteiger partial charge in [-0.25, -0.2) is 0 Å². The second-order valence-corrected chi connectivity index (χ2v) is 8.66. The minimum atomic E-state index is -0.112. The Labute approximate surface area is 185 Å². The number of carbonyl (C=O) groups excluding carboxylic acids is 1. The minimum Gasteiger partial charge on any atom is -0.347 e. The molecule has 2 atom stereocenters. The van der Waals surface area contributed by atoms with Gasteiger partial charge >= 0.3 is 0 Å². The van der Waals surface area contributed by atoms with Crippen LogP contribution in [0.2, 0.25) is 0 Å². The lowest BCUT2D eigenvalue weighted by molar-refractivity contribution is 0.0944. The molecule has 164 valence electrons. The van der Waals surface area contributed by atoms with Gasteiger partial charge in [-0.1, -0.05) is 31.2 Å². The van der Waals surface area contributed by atoms with Crippen molar-refractivity contribution in [1.29, 1.82) is 0 Å². The summed E-state index contributed by atoms with van der Waals surface area (Å²) in [5.74, 6) is 0.690. The summed E-state index contributed by atoms with van der Waals surface area (Å²) in [6.45, 7) is 8.27. The smallest absolute Gasteiger partial charge is 0.272 e. The van der Waals surface area contributed by atoms with Gasteiger partial charge in [0.05, 0.1) is 6.04 Å². The standard InChI is InChI=1S/C23H33N5O.ClH/c1-18-4-3-12-27(16-18)17-20-8-6-19(7-9-20)14-25-23(29)22-10-13-28(26-22)21-5-2-11-24-15-21;/h6-10,13,18,21,24H,2-5,11-12,14-17H2,1H3,(H,25,29);1H. The molecule has 3 heterocycles. The molecule has 2 aliphatic heterocycles. The summed E-state index contributed by atoms with van der Waals surface area (Å²) in [5.41, 5.74) is 2.95. The second kappa shape index (κ2) is 10.9. The molecule has 0 radical (unpaired) electrons. The third-order valence-electron chi connectivity index (χ3n) is 6.11. The van der Waals surface area contributed by atoms with Gasteiger partial charge in [0, 0.05) is 32.4 Å². The number of aromatic nitrogens is 2. The molecule has 2 unspecified atom stereocenters. The van der Waals surface area contributed by atoms with Crippen molar-refractivity contribution in [3.8, 4) is 0 Å². The van der Waals surface area contributed by atoms with Gasteiger partial charge in [-0.2, -0.15) is 5.10 Å². The fourth-order valence-corrected chi connectivity index (χ4v) is 4.45. The maximum absolute atomic E-state index is 12.5. The number of amides is 1. The Hall–Kier alpha value is -1.89. The van der Waals surface area contributed by atoms with E-state index in [1.54, 1.807) is 0 Å². The average molecular weight is 432 g/mol. The summed E-state index contributed by atoms with van der Waals surface area (Å²) in [5, 5.41) is 10.9. The summed E-state index contributed by atoms with van der Waals surface area (Å²) in [6, 6.07) is 10.8. The van der Waals surface area contributed by atoms with Gasteiger partial charge in [0.25, 0.3) is 5.91 Å². The van der Waals surface area contributed by atoms with Gasteiger partial charge < -0.3 is 10.6 Å². The van der Waals surface area contributed by atoms with E-state index in [1.165, 1.54) is 31.5 Å². The van der Waals surface area contributed by atoms with Crippen LogP contribution in [-0.4, -0.2) is 46.8 Å². The van der Waals surface area contributed by atoms with E-state index in [4.69, 9.17) is 0 Å². The first-order valence-electron chi connectivity index (χ1n) is 11.0. The van der Waals surface area contributed by atoms with E-state index in [9.17, 15) is 4.79 Å². The molecule has 2 fully saturated rings. The normalized spacial score (nSPS) is 22.3. The maximum Gasteiger partial charge on any atom is 0.272 e. The summed E-state index contributed by atoms with van der Waals surface area (Å²) in [4.78, 5) is 15.0. The fourth-order valence-electron chi connectivity index (χ4n) is 4.45. The molecule has 2 N–H and O–H groups in total. The van der Waals surface area contributed by atoms with Gasteiger partial charge in [-0.3, -0.25) is 14.4 Å². The minimum absolute atomic E-state index is 0. The van der Waals surface area contributed by atoms with E-state index in [2.05, 4.69) is 51.8 Å². The molecule has 1 aromatic carbocycles. The molecule has 0 aliphatic carbocycles. The van der Waals surface area contributed by atoms with Crippen LogP contribution in [0.15, 0.2) is 36.5 Å². The number of nitrogens with zero attached hydrogens (tertiary/aromatic N) is 3. The Kier molecular flexibility index (Phi) is 8.31. The van der Waals surface area contributed by atoms with E-state index in [1.807, 2.05) is 16.9 Å². The summed E-state index contributed by atoms with van der Waals surface area (Å²) >= 11 is 0. The average Bonchev–Trinajstić information content (AvgIpc) is 3.24. The first kappa shape index (κ1) is 22.8. The SMILES string of the molecule is CC1CCCN(Cc2ccc(CNC(=O)c3ccn(C4CCCNC4)n3)cc2)C1.Cl. The zero-order chi connectivity index (χ0) is 20.1. The lowest BCUT2D eigenvalue weighted by atomic mass is 9.99. The largest absolute Gasteiger partial charge is 0.347 e. The number of rotatable bonds is 6. The second-order valence-electron chi connectivity index (χ2n) is 8.66. The zero-order valence-electron chi connectivity index (χ0n) is 17.8. The number of hydrogen-bond acceptors (Lipinski definition) is 4. The monoisotopic (exact) mass is 431 g/mol. The van der Waals surface area contributed by atoms with Crippen LogP contribution in [0.25, 0.3) is 0 Å². The lowest BCUT2D eigenvalue weighted by Gasteiger charge is -2.30. The molecule has 2 saturated heterocycles. The number of hydrogen-bond donors (Lipinski definition) is 2. The Morgan fingerprint density at radius 3 is 2.70 bits per heavy atom. The van der Waals surface area contributed by atoms with Gasteiger partial charge in [-0.05, 0) is 61.9 Å². The first-order chi connectivity index (χ1) is 14.2. The van der Waals surface area contributed by atoms with Crippen molar-refractivity contribution in [2.45, 2.75) is 51.7 Å². The predicted octanol–water partition coefficient (Wildman–Crippen LogP) is 3.39. The topological polar surface area (TPSA) is 62.2 Å². The summed E-state index contributed by atoms with van der Waals surface area (Å²) < 4.78 is 1.93. The highest BCUT2D eigenvalue weighted by Crippen LogP contribution is 2.18. The number of piperidine rings is 2. The molecule has 30 heavy (non-hydrogen) atoms.